The Bertz CT molecular complexity index is 730. The van der Waals surface area contributed by atoms with Crippen molar-refractivity contribution in [1.82, 2.24) is 19.8 Å². The lowest BCUT2D eigenvalue weighted by molar-refractivity contribution is -0.119. The minimum absolute atomic E-state index is 0.216. The molecule has 1 N–H and O–H groups in total. The van der Waals surface area contributed by atoms with E-state index < -0.39 is 5.82 Å². The van der Waals surface area contributed by atoms with Crippen molar-refractivity contribution in [2.24, 2.45) is 0 Å². The summed E-state index contributed by atoms with van der Waals surface area (Å²) in [6.07, 6.45) is 3.53. The molecule has 0 radical (unpaired) electrons. The summed E-state index contributed by atoms with van der Waals surface area (Å²) in [6.45, 7) is 1.95. The predicted octanol–water partition coefficient (Wildman–Crippen LogP) is 1.27. The van der Waals surface area contributed by atoms with Crippen molar-refractivity contribution >= 4 is 23.8 Å². The van der Waals surface area contributed by atoms with E-state index in [4.69, 9.17) is 0 Å². The highest BCUT2D eigenvalue weighted by molar-refractivity contribution is 5.92. The van der Waals surface area contributed by atoms with Gasteiger partial charge in [-0.05, 0) is 12.1 Å². The molecule has 1 aromatic carbocycles. The second kappa shape index (κ2) is 7.03. The van der Waals surface area contributed by atoms with Gasteiger partial charge in [-0.2, -0.15) is 0 Å². The Labute approximate surface area is 138 Å². The van der Waals surface area contributed by atoms with Crippen LogP contribution >= 0.6 is 0 Å². The lowest BCUT2D eigenvalue weighted by atomic mass is 10.3. The average molecular weight is 329 g/mol. The number of benzene rings is 1. The first-order valence-corrected chi connectivity index (χ1v) is 7.49. The van der Waals surface area contributed by atoms with E-state index in [1.165, 1.54) is 18.5 Å². The first-order chi connectivity index (χ1) is 11.7. The molecule has 0 aliphatic carbocycles. The second-order valence-electron chi connectivity index (χ2n) is 5.33. The van der Waals surface area contributed by atoms with Gasteiger partial charge >= 0.3 is 0 Å². The van der Waals surface area contributed by atoms with Gasteiger partial charge in [-0.25, -0.2) is 14.4 Å². The van der Waals surface area contributed by atoms with E-state index in [1.807, 2.05) is 0 Å². The molecule has 24 heavy (non-hydrogen) atoms. The third-order valence-electron chi connectivity index (χ3n) is 3.76. The van der Waals surface area contributed by atoms with Gasteiger partial charge in [0.1, 0.15) is 17.3 Å². The summed E-state index contributed by atoms with van der Waals surface area (Å²) in [5.41, 5.74) is 0.504. The monoisotopic (exact) mass is 329 g/mol. The molecule has 1 saturated heterocycles. The second-order valence-corrected chi connectivity index (χ2v) is 5.33. The fourth-order valence-electron chi connectivity index (χ4n) is 2.40. The van der Waals surface area contributed by atoms with Gasteiger partial charge in [0.25, 0.3) is 5.91 Å². The SMILES string of the molecule is O=CN1CCN(C(=O)c2cnc(Nc3ccccc3F)cn2)CC1. The van der Waals surface area contributed by atoms with Crippen LogP contribution in [0.1, 0.15) is 10.5 Å². The van der Waals surface area contributed by atoms with E-state index >= 15 is 0 Å². The number of nitrogens with zero attached hydrogens (tertiary/aromatic N) is 4. The summed E-state index contributed by atoms with van der Waals surface area (Å²) >= 11 is 0. The van der Waals surface area contributed by atoms with E-state index in [-0.39, 0.29) is 17.3 Å². The summed E-state index contributed by atoms with van der Waals surface area (Å²) in [7, 11) is 0. The van der Waals surface area contributed by atoms with Crippen molar-refractivity contribution in [2.45, 2.75) is 0 Å². The number of piperazine rings is 1. The highest BCUT2D eigenvalue weighted by Crippen LogP contribution is 2.17. The maximum atomic E-state index is 13.6. The molecule has 2 aromatic rings. The fourth-order valence-corrected chi connectivity index (χ4v) is 2.40. The van der Waals surface area contributed by atoms with E-state index in [0.29, 0.717) is 32.0 Å². The van der Waals surface area contributed by atoms with Gasteiger partial charge in [-0.15, -0.1) is 0 Å². The van der Waals surface area contributed by atoms with Crippen LogP contribution in [0, 0.1) is 5.82 Å². The largest absolute Gasteiger partial charge is 0.342 e. The summed E-state index contributed by atoms with van der Waals surface area (Å²) < 4.78 is 13.6. The van der Waals surface area contributed by atoms with Crippen LogP contribution in [0.5, 0.6) is 0 Å². The number of rotatable bonds is 4. The lowest BCUT2D eigenvalue weighted by Crippen LogP contribution is -2.48. The van der Waals surface area contributed by atoms with Crippen LogP contribution in [0.25, 0.3) is 0 Å². The number of nitrogens with one attached hydrogen (secondary N) is 1. The summed E-state index contributed by atoms with van der Waals surface area (Å²) in [5, 5.41) is 2.81. The van der Waals surface area contributed by atoms with Crippen molar-refractivity contribution < 1.29 is 14.0 Å². The van der Waals surface area contributed by atoms with Gasteiger partial charge in [-0.1, -0.05) is 12.1 Å². The zero-order valence-electron chi connectivity index (χ0n) is 12.9. The number of carbonyl (C=O) groups is 2. The first-order valence-electron chi connectivity index (χ1n) is 7.49. The Kier molecular flexibility index (Phi) is 4.64. The summed E-state index contributed by atoms with van der Waals surface area (Å²) in [4.78, 5) is 34.5. The predicted molar refractivity (Wildman–Crippen MR) is 85.3 cm³/mol. The molecule has 1 fully saturated rings. The van der Waals surface area contributed by atoms with Gasteiger partial charge in [0.15, 0.2) is 0 Å². The molecule has 0 unspecified atom stereocenters. The van der Waals surface area contributed by atoms with Gasteiger partial charge in [0.05, 0.1) is 18.1 Å². The normalized spacial score (nSPS) is 14.4. The number of amides is 2. The third-order valence-corrected chi connectivity index (χ3v) is 3.76. The maximum Gasteiger partial charge on any atom is 0.274 e. The zero-order chi connectivity index (χ0) is 16.9. The minimum Gasteiger partial charge on any atom is -0.342 e. The molecule has 124 valence electrons. The van der Waals surface area contributed by atoms with E-state index in [2.05, 4.69) is 15.3 Å². The smallest absolute Gasteiger partial charge is 0.274 e. The van der Waals surface area contributed by atoms with Crippen LogP contribution in [0.2, 0.25) is 0 Å². The lowest BCUT2D eigenvalue weighted by Gasteiger charge is -2.32. The van der Waals surface area contributed by atoms with Crippen molar-refractivity contribution in [2.75, 3.05) is 31.5 Å². The molecule has 7 nitrogen and oxygen atoms in total. The Balaban J connectivity index is 1.65. The Morgan fingerprint density at radius 3 is 2.50 bits per heavy atom. The molecule has 0 spiro atoms. The Hall–Kier alpha value is -3.03. The molecule has 3 rings (SSSR count). The number of hydrogen-bond acceptors (Lipinski definition) is 5. The van der Waals surface area contributed by atoms with Crippen LogP contribution < -0.4 is 5.32 Å². The molecule has 1 aromatic heterocycles. The van der Waals surface area contributed by atoms with Crippen molar-refractivity contribution in [3.63, 3.8) is 0 Å². The van der Waals surface area contributed by atoms with E-state index in [1.54, 1.807) is 28.0 Å². The first kappa shape index (κ1) is 15.9. The molecule has 1 aliphatic rings. The topological polar surface area (TPSA) is 78.4 Å². The highest BCUT2D eigenvalue weighted by atomic mass is 19.1. The molecule has 0 atom stereocenters. The number of para-hydroxylation sites is 1. The van der Waals surface area contributed by atoms with Crippen LogP contribution in [-0.2, 0) is 4.79 Å². The standard InChI is InChI=1S/C16H16FN5O2/c17-12-3-1-2-4-13(12)20-15-10-18-14(9-19-15)16(24)22-7-5-21(11-23)6-8-22/h1-4,9-11H,5-8H2,(H,19,20). The van der Waals surface area contributed by atoms with Gasteiger partial charge in [0.2, 0.25) is 6.41 Å². The van der Waals surface area contributed by atoms with Crippen LogP contribution in [0.3, 0.4) is 0 Å². The third kappa shape index (κ3) is 3.48. The number of hydrogen-bond donors (Lipinski definition) is 1. The van der Waals surface area contributed by atoms with Gasteiger partial charge in [0, 0.05) is 26.2 Å². The number of carbonyl (C=O) groups excluding carboxylic acids is 2. The molecule has 2 heterocycles. The molecular formula is C16H16FN5O2. The number of aromatic nitrogens is 2. The van der Waals surface area contributed by atoms with Crippen LogP contribution in [-0.4, -0.2) is 58.3 Å². The fraction of sp³-hybridized carbons (Fsp3) is 0.250. The average Bonchev–Trinajstić information content (AvgIpc) is 2.64. The molecular weight excluding hydrogens is 313 g/mol. The Morgan fingerprint density at radius 2 is 1.88 bits per heavy atom. The van der Waals surface area contributed by atoms with E-state index in [9.17, 15) is 14.0 Å². The van der Waals surface area contributed by atoms with Gasteiger partial charge in [-0.3, -0.25) is 9.59 Å². The quantitative estimate of drug-likeness (QED) is 0.855. The zero-order valence-corrected chi connectivity index (χ0v) is 12.9. The maximum absolute atomic E-state index is 13.6. The highest BCUT2D eigenvalue weighted by Gasteiger charge is 2.22. The Morgan fingerprint density at radius 1 is 1.12 bits per heavy atom. The molecule has 0 bridgehead atoms. The van der Waals surface area contributed by atoms with Crippen molar-refractivity contribution in [3.8, 4) is 0 Å². The molecule has 8 heteroatoms. The number of halogens is 1. The summed E-state index contributed by atoms with van der Waals surface area (Å²) in [5.74, 6) is -0.277. The number of anilines is 2. The van der Waals surface area contributed by atoms with E-state index in [0.717, 1.165) is 6.41 Å². The minimum atomic E-state index is -0.396. The van der Waals surface area contributed by atoms with Crippen LogP contribution in [0.15, 0.2) is 36.7 Å². The molecule has 0 saturated carbocycles. The van der Waals surface area contributed by atoms with Gasteiger partial charge < -0.3 is 15.1 Å². The summed E-state index contributed by atoms with van der Waals surface area (Å²) in [6, 6.07) is 6.23. The van der Waals surface area contributed by atoms with Crippen molar-refractivity contribution in [3.05, 3.63) is 48.2 Å². The molecule has 2 amide bonds. The van der Waals surface area contributed by atoms with Crippen molar-refractivity contribution in [1.29, 1.82) is 0 Å². The van der Waals surface area contributed by atoms with Crippen LogP contribution in [0.4, 0.5) is 15.9 Å². The molecule has 1 aliphatic heterocycles.